The molecule has 1 aromatic heterocycles. The minimum absolute atomic E-state index is 0.0855. The molecule has 0 radical (unpaired) electrons. The molecule has 6 nitrogen and oxygen atoms in total. The monoisotopic (exact) mass is 404 g/mol. The summed E-state index contributed by atoms with van der Waals surface area (Å²) >= 11 is 0. The van der Waals surface area contributed by atoms with Crippen LogP contribution in [0.3, 0.4) is 0 Å². The number of benzene rings is 2. The van der Waals surface area contributed by atoms with E-state index in [0.717, 1.165) is 34.9 Å². The third kappa shape index (κ3) is 3.85. The third-order valence-corrected chi connectivity index (χ3v) is 6.19. The van der Waals surface area contributed by atoms with Gasteiger partial charge in [-0.25, -0.2) is 4.79 Å². The first-order valence-corrected chi connectivity index (χ1v) is 10.1. The summed E-state index contributed by atoms with van der Waals surface area (Å²) in [5, 5.41) is 13.1. The largest absolute Gasteiger partial charge is 0.465 e. The molecule has 154 valence electrons. The number of carbonyl (C=O) groups is 2. The van der Waals surface area contributed by atoms with Gasteiger partial charge in [0.25, 0.3) is 5.56 Å². The van der Waals surface area contributed by atoms with Crippen molar-refractivity contribution in [3.05, 3.63) is 70.5 Å². The maximum atomic E-state index is 12.9. The van der Waals surface area contributed by atoms with Gasteiger partial charge in [-0.2, -0.15) is 0 Å². The van der Waals surface area contributed by atoms with Crippen molar-refractivity contribution < 1.29 is 14.7 Å². The molecule has 4 rings (SSSR count). The SMILES string of the molecule is C[C@]1(C(=O)NC(=O)O)CCC[C@@H](c2ccc(-c3ccc4ccccc4c3)[nH]c2=O)C1. The number of aromatic nitrogens is 1. The highest BCUT2D eigenvalue weighted by Crippen LogP contribution is 2.43. The van der Waals surface area contributed by atoms with E-state index in [1.54, 1.807) is 6.92 Å². The minimum Gasteiger partial charge on any atom is -0.465 e. The van der Waals surface area contributed by atoms with Crippen molar-refractivity contribution in [1.29, 1.82) is 0 Å². The van der Waals surface area contributed by atoms with Crippen molar-refractivity contribution in [2.45, 2.75) is 38.5 Å². The summed E-state index contributed by atoms with van der Waals surface area (Å²) in [6.07, 6.45) is 1.27. The highest BCUT2D eigenvalue weighted by molar-refractivity contribution is 5.94. The number of imide groups is 1. The van der Waals surface area contributed by atoms with Gasteiger partial charge in [-0.05, 0) is 53.6 Å². The molecule has 0 spiro atoms. The van der Waals surface area contributed by atoms with E-state index in [0.29, 0.717) is 18.4 Å². The van der Waals surface area contributed by atoms with E-state index in [1.807, 2.05) is 59.9 Å². The lowest BCUT2D eigenvalue weighted by Crippen LogP contribution is -2.44. The first-order chi connectivity index (χ1) is 14.4. The van der Waals surface area contributed by atoms with Crippen molar-refractivity contribution in [2.75, 3.05) is 0 Å². The maximum absolute atomic E-state index is 12.9. The van der Waals surface area contributed by atoms with Crippen LogP contribution in [0.4, 0.5) is 4.79 Å². The number of carbonyl (C=O) groups excluding carboxylic acids is 1. The predicted molar refractivity (Wildman–Crippen MR) is 115 cm³/mol. The standard InChI is InChI=1S/C24H24N2O4/c1-24(22(28)26-23(29)30)12-4-7-18(14-24)19-10-11-20(25-21(19)27)17-9-8-15-5-2-3-6-16(15)13-17/h2-3,5-6,8-11,13,18H,4,7,12,14H2,1H3,(H,25,27)(H,26,28)(H,29,30)/t18-,24+/m1/s1. The van der Waals surface area contributed by atoms with Crippen molar-refractivity contribution in [3.8, 4) is 11.3 Å². The molecule has 6 heteroatoms. The van der Waals surface area contributed by atoms with Gasteiger partial charge >= 0.3 is 6.09 Å². The molecule has 2 atom stereocenters. The second-order valence-corrected chi connectivity index (χ2v) is 8.33. The van der Waals surface area contributed by atoms with E-state index in [1.165, 1.54) is 0 Å². The Bertz CT molecular complexity index is 1180. The molecule has 2 aromatic carbocycles. The average molecular weight is 404 g/mol. The number of nitrogens with one attached hydrogen (secondary N) is 2. The van der Waals surface area contributed by atoms with Crippen LogP contribution in [-0.2, 0) is 4.79 Å². The molecular formula is C24H24N2O4. The van der Waals surface area contributed by atoms with Gasteiger partial charge < -0.3 is 10.1 Å². The maximum Gasteiger partial charge on any atom is 0.411 e. The lowest BCUT2D eigenvalue weighted by molar-refractivity contribution is -0.131. The van der Waals surface area contributed by atoms with E-state index >= 15 is 0 Å². The fraction of sp³-hybridized carbons (Fsp3) is 0.292. The van der Waals surface area contributed by atoms with Crippen molar-refractivity contribution in [3.63, 3.8) is 0 Å². The Labute approximate surface area is 173 Å². The Morgan fingerprint density at radius 3 is 2.60 bits per heavy atom. The highest BCUT2D eigenvalue weighted by atomic mass is 16.4. The van der Waals surface area contributed by atoms with E-state index in [2.05, 4.69) is 4.98 Å². The zero-order chi connectivity index (χ0) is 21.3. The number of hydrogen-bond donors (Lipinski definition) is 3. The Balaban J connectivity index is 1.60. The average Bonchev–Trinajstić information content (AvgIpc) is 2.73. The molecular weight excluding hydrogens is 380 g/mol. The van der Waals surface area contributed by atoms with Gasteiger partial charge in [0.1, 0.15) is 0 Å². The van der Waals surface area contributed by atoms with E-state index in [4.69, 9.17) is 5.11 Å². The topological polar surface area (TPSA) is 99.3 Å². The summed E-state index contributed by atoms with van der Waals surface area (Å²) in [7, 11) is 0. The van der Waals surface area contributed by atoms with Crippen LogP contribution in [0.5, 0.6) is 0 Å². The van der Waals surface area contributed by atoms with Gasteiger partial charge in [-0.1, -0.05) is 55.8 Å². The third-order valence-electron chi connectivity index (χ3n) is 6.19. The van der Waals surface area contributed by atoms with Crippen LogP contribution in [-0.4, -0.2) is 22.1 Å². The van der Waals surface area contributed by atoms with Crippen LogP contribution in [0.1, 0.15) is 44.1 Å². The number of carboxylic acid groups (broad SMARTS) is 1. The second-order valence-electron chi connectivity index (χ2n) is 8.33. The first-order valence-electron chi connectivity index (χ1n) is 10.1. The molecule has 0 bridgehead atoms. The predicted octanol–water partition coefficient (Wildman–Crippen LogP) is 4.65. The number of rotatable bonds is 3. The molecule has 0 saturated heterocycles. The zero-order valence-electron chi connectivity index (χ0n) is 16.8. The van der Waals surface area contributed by atoms with Crippen LogP contribution in [0.2, 0.25) is 0 Å². The number of pyridine rings is 1. The summed E-state index contributed by atoms with van der Waals surface area (Å²) in [4.78, 5) is 39.1. The van der Waals surface area contributed by atoms with Crippen molar-refractivity contribution in [1.82, 2.24) is 10.3 Å². The molecule has 1 saturated carbocycles. The molecule has 0 unspecified atom stereocenters. The summed E-state index contributed by atoms with van der Waals surface area (Å²) in [6.45, 7) is 1.77. The Morgan fingerprint density at radius 1 is 1.10 bits per heavy atom. The van der Waals surface area contributed by atoms with Gasteiger partial charge in [-0.3, -0.25) is 14.9 Å². The summed E-state index contributed by atoms with van der Waals surface area (Å²) in [6, 6.07) is 17.9. The van der Waals surface area contributed by atoms with E-state index in [9.17, 15) is 14.4 Å². The van der Waals surface area contributed by atoms with Gasteiger partial charge in [0, 0.05) is 16.7 Å². The quantitative estimate of drug-likeness (QED) is 0.591. The van der Waals surface area contributed by atoms with Crippen LogP contribution in [0.25, 0.3) is 22.0 Å². The Hall–Kier alpha value is -3.41. The van der Waals surface area contributed by atoms with Crippen LogP contribution in [0, 0.1) is 5.41 Å². The fourth-order valence-electron chi connectivity index (χ4n) is 4.54. The number of fused-ring (bicyclic) bond motifs is 1. The Morgan fingerprint density at radius 2 is 1.87 bits per heavy atom. The minimum atomic E-state index is -1.35. The molecule has 2 amide bonds. The summed E-state index contributed by atoms with van der Waals surface area (Å²) < 4.78 is 0. The number of aromatic amines is 1. The smallest absolute Gasteiger partial charge is 0.411 e. The van der Waals surface area contributed by atoms with Gasteiger partial charge in [0.2, 0.25) is 5.91 Å². The van der Waals surface area contributed by atoms with Crippen LogP contribution < -0.4 is 10.9 Å². The molecule has 30 heavy (non-hydrogen) atoms. The molecule has 1 heterocycles. The lowest BCUT2D eigenvalue weighted by Gasteiger charge is -2.36. The van der Waals surface area contributed by atoms with E-state index < -0.39 is 17.4 Å². The van der Waals surface area contributed by atoms with E-state index in [-0.39, 0.29) is 11.5 Å². The van der Waals surface area contributed by atoms with Crippen molar-refractivity contribution >= 4 is 22.8 Å². The zero-order valence-corrected chi connectivity index (χ0v) is 16.8. The lowest BCUT2D eigenvalue weighted by atomic mass is 9.68. The van der Waals surface area contributed by atoms with Gasteiger partial charge in [0.05, 0.1) is 0 Å². The summed E-state index contributed by atoms with van der Waals surface area (Å²) in [5.41, 5.74) is 1.37. The normalized spacial score (nSPS) is 21.3. The van der Waals surface area contributed by atoms with Crippen molar-refractivity contribution in [2.24, 2.45) is 5.41 Å². The van der Waals surface area contributed by atoms with Crippen LogP contribution in [0.15, 0.2) is 59.4 Å². The molecule has 3 aromatic rings. The van der Waals surface area contributed by atoms with Gasteiger partial charge in [0.15, 0.2) is 0 Å². The molecule has 1 fully saturated rings. The fourth-order valence-corrected chi connectivity index (χ4v) is 4.54. The molecule has 1 aliphatic rings. The number of hydrogen-bond acceptors (Lipinski definition) is 3. The number of amides is 2. The van der Waals surface area contributed by atoms with Crippen LogP contribution >= 0.6 is 0 Å². The first kappa shape index (κ1) is 19.9. The highest BCUT2D eigenvalue weighted by Gasteiger charge is 2.40. The second kappa shape index (κ2) is 7.78. The molecule has 0 aliphatic heterocycles. The molecule has 1 aliphatic carbocycles. The number of H-pyrrole nitrogens is 1. The van der Waals surface area contributed by atoms with Gasteiger partial charge in [-0.15, -0.1) is 0 Å². The Kier molecular flexibility index (Phi) is 5.16. The summed E-state index contributed by atoms with van der Waals surface area (Å²) in [5.74, 6) is -0.582. The molecule has 3 N–H and O–H groups in total.